The van der Waals surface area contributed by atoms with Gasteiger partial charge in [0, 0.05) is 5.69 Å². The van der Waals surface area contributed by atoms with Crippen LogP contribution in [-0.4, -0.2) is 27.5 Å². The molecule has 2 aliphatic rings. The first-order valence-electron chi connectivity index (χ1n) is 11.4. The van der Waals surface area contributed by atoms with E-state index in [0.29, 0.717) is 32.1 Å². The van der Waals surface area contributed by atoms with E-state index in [4.69, 9.17) is 27.6 Å². The van der Waals surface area contributed by atoms with Crippen LogP contribution in [0.25, 0.3) is 0 Å². The Morgan fingerprint density at radius 3 is 2.47 bits per heavy atom. The van der Waals surface area contributed by atoms with E-state index in [-0.39, 0.29) is 28.3 Å². The van der Waals surface area contributed by atoms with Gasteiger partial charge in [-0.15, -0.1) is 0 Å². The Bertz CT molecular complexity index is 1630. The number of fused-ring (bicyclic) bond motifs is 2. The Kier molecular flexibility index (Phi) is 6.43. The number of halogens is 2. The van der Waals surface area contributed by atoms with E-state index in [1.165, 1.54) is 21.8 Å². The molecule has 4 aromatic rings. The molecule has 12 heteroatoms. The zero-order chi connectivity index (χ0) is 26.6. The number of carbonyl (C=O) groups excluding carboxylic acids is 3. The fraction of sp³-hybridized carbons (Fsp3) is 0.154. The van der Waals surface area contributed by atoms with Gasteiger partial charge < -0.3 is 9.73 Å². The first-order valence-corrected chi connectivity index (χ1v) is 13.9. The Hall–Kier alpha value is -3.31. The zero-order valence-electron chi connectivity index (χ0n) is 19.3. The average Bonchev–Trinajstić information content (AvgIpc) is 3.59. The highest BCUT2D eigenvalue weighted by atomic mass is 35.5. The van der Waals surface area contributed by atoms with Crippen LogP contribution in [-0.2, 0) is 20.9 Å². The van der Waals surface area contributed by atoms with Gasteiger partial charge in [-0.25, -0.2) is 4.90 Å². The highest BCUT2D eigenvalue weighted by molar-refractivity contribution is 8.00. The Labute approximate surface area is 234 Å². The lowest BCUT2D eigenvalue weighted by Crippen LogP contribution is -2.32. The van der Waals surface area contributed by atoms with Gasteiger partial charge in [0.05, 0.1) is 43.7 Å². The van der Waals surface area contributed by atoms with E-state index >= 15 is 0 Å². The lowest BCUT2D eigenvalue weighted by Gasteiger charge is -2.29. The largest absolute Gasteiger partial charge is 0.469 e. The predicted octanol–water partition coefficient (Wildman–Crippen LogP) is 5.24. The van der Waals surface area contributed by atoms with Crippen molar-refractivity contribution in [3.8, 4) is 0 Å². The van der Waals surface area contributed by atoms with Crippen molar-refractivity contribution in [3.63, 3.8) is 0 Å². The maximum Gasteiger partial charge on any atom is 0.308 e. The molecule has 3 unspecified atom stereocenters. The van der Waals surface area contributed by atoms with Crippen molar-refractivity contribution in [2.75, 3.05) is 10.2 Å². The number of furan rings is 1. The molecular weight excluding hydrogens is 569 g/mol. The van der Waals surface area contributed by atoms with Gasteiger partial charge in [0.15, 0.2) is 0 Å². The number of hydrogen-bond donors (Lipinski definition) is 1. The summed E-state index contributed by atoms with van der Waals surface area (Å²) in [4.78, 5) is 54.7. The fourth-order valence-electron chi connectivity index (χ4n) is 4.78. The number of aromatic nitrogens is 1. The van der Waals surface area contributed by atoms with Crippen molar-refractivity contribution in [2.45, 2.75) is 22.7 Å². The van der Waals surface area contributed by atoms with E-state index in [1.807, 2.05) is 0 Å². The summed E-state index contributed by atoms with van der Waals surface area (Å²) in [7, 11) is 0. The molecule has 0 aliphatic carbocycles. The summed E-state index contributed by atoms with van der Waals surface area (Å²) in [6, 6.07) is 16.8. The number of carbonyl (C=O) groups is 3. The van der Waals surface area contributed by atoms with Gasteiger partial charge in [-0.05, 0) is 42.5 Å². The van der Waals surface area contributed by atoms with E-state index in [9.17, 15) is 19.2 Å². The minimum atomic E-state index is -0.788. The van der Waals surface area contributed by atoms with Crippen LogP contribution in [0.3, 0.4) is 0 Å². The minimum absolute atomic E-state index is 0.282. The topological polar surface area (TPSA) is 102 Å². The lowest BCUT2D eigenvalue weighted by atomic mass is 9.87. The van der Waals surface area contributed by atoms with Crippen molar-refractivity contribution in [1.82, 2.24) is 4.57 Å². The molecule has 0 spiro atoms. The molecule has 2 aromatic carbocycles. The van der Waals surface area contributed by atoms with Crippen molar-refractivity contribution in [1.29, 1.82) is 0 Å². The Morgan fingerprint density at radius 1 is 0.974 bits per heavy atom. The van der Waals surface area contributed by atoms with Crippen LogP contribution in [0.5, 0.6) is 0 Å². The second-order valence-electron chi connectivity index (χ2n) is 8.71. The summed E-state index contributed by atoms with van der Waals surface area (Å²) in [5.74, 6) is -2.11. The van der Waals surface area contributed by atoms with E-state index in [2.05, 4.69) is 5.32 Å². The molecule has 1 N–H and O–H groups in total. The second kappa shape index (κ2) is 9.77. The number of rotatable bonds is 5. The van der Waals surface area contributed by atoms with Gasteiger partial charge in [-0.1, -0.05) is 64.5 Å². The number of amides is 3. The lowest BCUT2D eigenvalue weighted by molar-refractivity contribution is -0.122. The van der Waals surface area contributed by atoms with Gasteiger partial charge in [0.2, 0.25) is 17.7 Å². The van der Waals surface area contributed by atoms with E-state index < -0.39 is 23.0 Å². The predicted molar refractivity (Wildman–Crippen MR) is 146 cm³/mol. The monoisotopic (exact) mass is 585 g/mol. The molecule has 1 fully saturated rings. The molecule has 38 heavy (non-hydrogen) atoms. The van der Waals surface area contributed by atoms with Crippen molar-refractivity contribution in [2.24, 2.45) is 5.92 Å². The summed E-state index contributed by atoms with van der Waals surface area (Å²) in [6.45, 7) is -0.287. The number of benzene rings is 2. The smallest absolute Gasteiger partial charge is 0.308 e. The maximum absolute atomic E-state index is 13.7. The first kappa shape index (κ1) is 25.0. The molecule has 0 radical (unpaired) electrons. The molecular formula is C26H17Cl2N3O5S2. The number of anilines is 2. The van der Waals surface area contributed by atoms with Crippen molar-refractivity contribution in [3.05, 3.63) is 97.3 Å². The highest BCUT2D eigenvalue weighted by Gasteiger charge is 2.57. The molecule has 192 valence electrons. The summed E-state index contributed by atoms with van der Waals surface area (Å²) in [5, 5.41) is 3.04. The van der Waals surface area contributed by atoms with E-state index in [1.54, 1.807) is 54.6 Å². The molecule has 0 bridgehead atoms. The molecule has 3 amide bonds. The number of thiazole rings is 1. The molecule has 2 aromatic heterocycles. The summed E-state index contributed by atoms with van der Waals surface area (Å²) in [5.41, 5.74) is 0.912. The Balaban J connectivity index is 1.37. The summed E-state index contributed by atoms with van der Waals surface area (Å²) < 4.78 is 7.03. The number of hydrogen-bond acceptors (Lipinski definition) is 7. The van der Waals surface area contributed by atoms with Crippen LogP contribution >= 0.6 is 46.3 Å². The molecule has 6 rings (SSSR count). The number of nitrogens with one attached hydrogen (secondary N) is 1. The number of nitrogens with zero attached hydrogens (tertiary/aromatic N) is 2. The van der Waals surface area contributed by atoms with Crippen LogP contribution in [0.4, 0.5) is 11.4 Å². The fourth-order valence-corrected chi connectivity index (χ4v) is 7.83. The molecule has 8 nitrogen and oxygen atoms in total. The maximum atomic E-state index is 13.7. The summed E-state index contributed by atoms with van der Waals surface area (Å²) in [6.07, 6.45) is 1.49. The normalized spacial score (nSPS) is 20.4. The van der Waals surface area contributed by atoms with Gasteiger partial charge in [-0.3, -0.25) is 23.7 Å². The summed E-state index contributed by atoms with van der Waals surface area (Å²) >= 11 is 14.1. The molecule has 1 saturated heterocycles. The Morgan fingerprint density at radius 2 is 1.76 bits per heavy atom. The van der Waals surface area contributed by atoms with Crippen molar-refractivity contribution < 1.29 is 18.8 Å². The minimum Gasteiger partial charge on any atom is -0.469 e. The number of thioether (sulfide) groups is 1. The van der Waals surface area contributed by atoms with E-state index in [0.717, 1.165) is 23.1 Å². The first-order chi connectivity index (χ1) is 18.3. The third kappa shape index (κ3) is 4.17. The molecule has 2 aliphatic heterocycles. The SMILES string of the molecule is O=C(Cn1c2c(sc1=O)C(c1ccco1)C1C(=O)N(c3ccccc3)C(=O)C1S2)Nc1ccc(Cl)c(Cl)c1. The van der Waals surface area contributed by atoms with Crippen LogP contribution in [0, 0.1) is 5.92 Å². The zero-order valence-corrected chi connectivity index (χ0v) is 22.4. The highest BCUT2D eigenvalue weighted by Crippen LogP contribution is 2.53. The molecule has 0 saturated carbocycles. The quantitative estimate of drug-likeness (QED) is 0.321. The number of imide groups is 1. The molecule has 4 heterocycles. The van der Waals surface area contributed by atoms with Gasteiger partial charge in [-0.2, -0.15) is 0 Å². The average molecular weight is 586 g/mol. The van der Waals surface area contributed by atoms with Gasteiger partial charge in [0.1, 0.15) is 17.6 Å². The van der Waals surface area contributed by atoms with Crippen LogP contribution in [0.2, 0.25) is 10.0 Å². The van der Waals surface area contributed by atoms with Gasteiger partial charge in [0.25, 0.3) is 0 Å². The van der Waals surface area contributed by atoms with Crippen LogP contribution in [0.15, 0.2) is 81.2 Å². The third-order valence-corrected chi connectivity index (χ3v) is 9.76. The van der Waals surface area contributed by atoms with Crippen LogP contribution < -0.4 is 15.1 Å². The second-order valence-corrected chi connectivity index (χ2v) is 11.6. The third-order valence-electron chi connectivity index (χ3n) is 6.42. The van der Waals surface area contributed by atoms with Crippen molar-refractivity contribution >= 4 is 75.4 Å². The molecule has 3 atom stereocenters. The standard InChI is InChI=1S/C26H17Cl2N3O5S2/c27-15-9-8-13(11-16(15)28)29-18(32)12-30-25-22(38-26(30)35)19(17-7-4-10-36-17)20-21(37-25)24(34)31(23(20)33)14-5-2-1-3-6-14/h1-11,19-21H,12H2,(H,29,32). The van der Waals surface area contributed by atoms with Crippen LogP contribution in [0.1, 0.15) is 16.6 Å². The van der Waals surface area contributed by atoms with Gasteiger partial charge >= 0.3 is 4.87 Å². The number of para-hydroxylation sites is 1.